The van der Waals surface area contributed by atoms with Crippen LogP contribution in [0.2, 0.25) is 5.02 Å². The van der Waals surface area contributed by atoms with E-state index in [1.165, 1.54) is 12.1 Å². The van der Waals surface area contributed by atoms with Crippen molar-refractivity contribution in [1.82, 2.24) is 9.55 Å². The first-order chi connectivity index (χ1) is 9.49. The highest BCUT2D eigenvalue weighted by Crippen LogP contribution is 2.23. The van der Waals surface area contributed by atoms with E-state index >= 15 is 0 Å². The maximum absolute atomic E-state index is 11.0. The summed E-state index contributed by atoms with van der Waals surface area (Å²) >= 11 is 5.81. The lowest BCUT2D eigenvalue weighted by atomic mass is 10.2. The summed E-state index contributed by atoms with van der Waals surface area (Å²) in [5, 5.41) is 9.20. The monoisotopic (exact) mass is 294 g/mol. The van der Waals surface area contributed by atoms with Gasteiger partial charge in [0, 0.05) is 6.04 Å². The quantitative estimate of drug-likeness (QED) is 0.918. The second-order valence-corrected chi connectivity index (χ2v) is 5.03. The number of hydrogen-bond acceptors (Lipinski definition) is 3. The molecular formula is C14H15ClN2O3. The highest BCUT2D eigenvalue weighted by atomic mass is 35.5. The van der Waals surface area contributed by atoms with Gasteiger partial charge < -0.3 is 14.4 Å². The number of halogens is 1. The van der Waals surface area contributed by atoms with Crippen LogP contribution in [0.5, 0.6) is 5.75 Å². The molecule has 1 aromatic heterocycles. The van der Waals surface area contributed by atoms with Crippen LogP contribution in [0.3, 0.4) is 0 Å². The van der Waals surface area contributed by atoms with E-state index in [0.29, 0.717) is 12.4 Å². The van der Waals surface area contributed by atoms with Crippen molar-refractivity contribution in [1.29, 1.82) is 0 Å². The van der Waals surface area contributed by atoms with Gasteiger partial charge in [-0.15, -0.1) is 0 Å². The number of ether oxygens (including phenoxy) is 1. The summed E-state index contributed by atoms with van der Waals surface area (Å²) < 4.78 is 7.60. The Morgan fingerprint density at radius 3 is 2.90 bits per heavy atom. The summed E-state index contributed by atoms with van der Waals surface area (Å²) in [6.07, 6.45) is 3.47. The molecule has 5 nitrogen and oxygen atoms in total. The minimum atomic E-state index is -1.08. The number of imidazole rings is 1. The Bertz CT molecular complexity index is 623. The average molecular weight is 295 g/mol. The third kappa shape index (κ3) is 3.11. The van der Waals surface area contributed by atoms with Crippen LogP contribution in [0, 0.1) is 0 Å². The molecule has 1 heterocycles. The van der Waals surface area contributed by atoms with Crippen LogP contribution in [-0.2, 0) is 6.61 Å². The maximum Gasteiger partial charge on any atom is 0.337 e. The molecule has 0 spiro atoms. The molecule has 0 saturated heterocycles. The number of hydrogen-bond donors (Lipinski definition) is 1. The molecule has 1 aromatic carbocycles. The molecule has 0 amide bonds. The van der Waals surface area contributed by atoms with Gasteiger partial charge in [0.05, 0.1) is 28.8 Å². The Morgan fingerprint density at radius 2 is 2.25 bits per heavy atom. The van der Waals surface area contributed by atoms with Crippen LogP contribution in [0.25, 0.3) is 0 Å². The van der Waals surface area contributed by atoms with Gasteiger partial charge in [0.1, 0.15) is 12.4 Å². The Balaban J connectivity index is 2.13. The number of carboxylic acid groups (broad SMARTS) is 1. The van der Waals surface area contributed by atoms with Crippen molar-refractivity contribution in [2.24, 2.45) is 0 Å². The lowest BCUT2D eigenvalue weighted by molar-refractivity contribution is 0.0696. The van der Waals surface area contributed by atoms with Crippen molar-refractivity contribution in [2.75, 3.05) is 0 Å². The predicted octanol–water partition coefficient (Wildman–Crippen LogP) is 3.39. The summed E-state index contributed by atoms with van der Waals surface area (Å²) in [4.78, 5) is 15.1. The number of benzene rings is 1. The largest absolute Gasteiger partial charge is 0.487 e. The van der Waals surface area contributed by atoms with Crippen molar-refractivity contribution in [3.05, 3.63) is 47.0 Å². The van der Waals surface area contributed by atoms with E-state index in [1.54, 1.807) is 18.6 Å². The van der Waals surface area contributed by atoms with Crippen molar-refractivity contribution in [2.45, 2.75) is 26.5 Å². The van der Waals surface area contributed by atoms with E-state index in [0.717, 1.165) is 5.69 Å². The molecule has 2 rings (SSSR count). The van der Waals surface area contributed by atoms with Crippen molar-refractivity contribution < 1.29 is 14.6 Å². The third-order valence-corrected chi connectivity index (χ3v) is 3.19. The first kappa shape index (κ1) is 14.4. The predicted molar refractivity (Wildman–Crippen MR) is 75.4 cm³/mol. The minimum Gasteiger partial charge on any atom is -0.487 e. The molecule has 0 aliphatic rings. The lowest BCUT2D eigenvalue weighted by Gasteiger charge is -2.13. The van der Waals surface area contributed by atoms with E-state index in [4.69, 9.17) is 21.4 Å². The molecule has 0 unspecified atom stereocenters. The number of nitrogens with zero attached hydrogens (tertiary/aromatic N) is 2. The van der Waals surface area contributed by atoms with Crippen LogP contribution >= 0.6 is 11.6 Å². The standard InChI is InChI=1S/C14H15ClN2O3/c1-9(2)17-8-16-6-10(17)7-20-11-3-4-13(15)12(5-11)14(18)19/h3-6,8-9H,7H2,1-2H3,(H,18,19). The fourth-order valence-corrected chi connectivity index (χ4v) is 2.02. The minimum absolute atomic E-state index is 0.0292. The SMILES string of the molecule is CC(C)n1cncc1COc1ccc(Cl)c(C(=O)O)c1. The van der Waals surface area contributed by atoms with Gasteiger partial charge in [0.15, 0.2) is 0 Å². The van der Waals surface area contributed by atoms with Gasteiger partial charge in [-0.25, -0.2) is 9.78 Å². The number of carboxylic acids is 1. The molecule has 0 aliphatic heterocycles. The molecule has 6 heteroatoms. The summed E-state index contributed by atoms with van der Waals surface area (Å²) in [7, 11) is 0. The van der Waals surface area contributed by atoms with E-state index < -0.39 is 5.97 Å². The molecule has 20 heavy (non-hydrogen) atoms. The van der Waals surface area contributed by atoms with Crippen LogP contribution in [0.15, 0.2) is 30.7 Å². The summed E-state index contributed by atoms with van der Waals surface area (Å²) in [5.41, 5.74) is 0.952. The smallest absolute Gasteiger partial charge is 0.337 e. The fourth-order valence-electron chi connectivity index (χ4n) is 1.82. The molecule has 2 aromatic rings. The first-order valence-electron chi connectivity index (χ1n) is 6.15. The highest BCUT2D eigenvalue weighted by molar-refractivity contribution is 6.33. The third-order valence-electron chi connectivity index (χ3n) is 2.86. The summed E-state index contributed by atoms with van der Waals surface area (Å²) in [6.45, 7) is 4.42. The molecular weight excluding hydrogens is 280 g/mol. The molecule has 0 radical (unpaired) electrons. The normalized spacial score (nSPS) is 10.8. The molecule has 0 bridgehead atoms. The van der Waals surface area contributed by atoms with Gasteiger partial charge in [-0.05, 0) is 32.0 Å². The first-order valence-corrected chi connectivity index (χ1v) is 6.53. The zero-order valence-corrected chi connectivity index (χ0v) is 12.0. The molecule has 106 valence electrons. The van der Waals surface area contributed by atoms with Crippen molar-refractivity contribution in [3.8, 4) is 5.75 Å². The molecule has 1 N–H and O–H groups in total. The van der Waals surface area contributed by atoms with Crippen LogP contribution in [0.1, 0.15) is 35.9 Å². The molecule has 0 fully saturated rings. The van der Waals surface area contributed by atoms with Gasteiger partial charge in [0.2, 0.25) is 0 Å². The van der Waals surface area contributed by atoms with E-state index in [-0.39, 0.29) is 16.6 Å². The van der Waals surface area contributed by atoms with Gasteiger partial charge in [0.25, 0.3) is 0 Å². The molecule has 0 atom stereocenters. The topological polar surface area (TPSA) is 64.4 Å². The molecule has 0 aliphatic carbocycles. The highest BCUT2D eigenvalue weighted by Gasteiger charge is 2.11. The average Bonchev–Trinajstić information content (AvgIpc) is 2.86. The number of aromatic nitrogens is 2. The fraction of sp³-hybridized carbons (Fsp3) is 0.286. The van der Waals surface area contributed by atoms with E-state index in [1.807, 2.05) is 4.57 Å². The number of aromatic carboxylic acids is 1. The van der Waals surface area contributed by atoms with Crippen molar-refractivity contribution >= 4 is 17.6 Å². The lowest BCUT2D eigenvalue weighted by Crippen LogP contribution is -2.07. The summed E-state index contributed by atoms with van der Waals surface area (Å²) in [6, 6.07) is 4.86. The second-order valence-electron chi connectivity index (χ2n) is 4.62. The van der Waals surface area contributed by atoms with Gasteiger partial charge in [-0.2, -0.15) is 0 Å². The second kappa shape index (κ2) is 5.96. The van der Waals surface area contributed by atoms with Crippen LogP contribution < -0.4 is 4.74 Å². The Morgan fingerprint density at radius 1 is 1.50 bits per heavy atom. The van der Waals surface area contributed by atoms with Gasteiger partial charge in [-0.1, -0.05) is 11.6 Å². The maximum atomic E-state index is 11.0. The van der Waals surface area contributed by atoms with E-state index in [9.17, 15) is 4.79 Å². The number of rotatable bonds is 5. The van der Waals surface area contributed by atoms with Crippen LogP contribution in [0.4, 0.5) is 0 Å². The Hall–Kier alpha value is -2.01. The van der Waals surface area contributed by atoms with E-state index in [2.05, 4.69) is 18.8 Å². The Kier molecular flexibility index (Phi) is 4.29. The van der Waals surface area contributed by atoms with Crippen molar-refractivity contribution in [3.63, 3.8) is 0 Å². The van der Waals surface area contributed by atoms with Crippen LogP contribution in [-0.4, -0.2) is 20.6 Å². The Labute approximate surface area is 121 Å². The zero-order chi connectivity index (χ0) is 14.7. The summed E-state index contributed by atoms with van der Waals surface area (Å²) in [5.74, 6) is -0.615. The zero-order valence-electron chi connectivity index (χ0n) is 11.2. The molecule has 0 saturated carbocycles. The van der Waals surface area contributed by atoms with Gasteiger partial charge >= 0.3 is 5.97 Å². The van der Waals surface area contributed by atoms with Gasteiger partial charge in [-0.3, -0.25) is 0 Å². The number of carbonyl (C=O) groups is 1.